The SMILES string of the molecule is CCCc1c(CCC)c(CCC)c2c(O)cc(=O)c(=O)[nH]c2c1CCC. The van der Waals surface area contributed by atoms with Gasteiger partial charge in [-0.2, -0.15) is 0 Å². The molecule has 2 rings (SSSR count). The normalized spacial score (nSPS) is 11.2. The second kappa shape index (κ2) is 9.02. The highest BCUT2D eigenvalue weighted by Crippen LogP contribution is 2.36. The Labute approximate surface area is 155 Å². The minimum Gasteiger partial charge on any atom is -0.507 e. The van der Waals surface area contributed by atoms with Crippen molar-refractivity contribution in [3.8, 4) is 5.75 Å². The number of benzene rings is 1. The number of aromatic nitrogens is 1. The molecule has 0 aliphatic heterocycles. The van der Waals surface area contributed by atoms with Crippen molar-refractivity contribution < 1.29 is 5.11 Å². The maximum atomic E-state index is 12.2. The van der Waals surface area contributed by atoms with Crippen LogP contribution in [0.1, 0.15) is 75.6 Å². The topological polar surface area (TPSA) is 70.2 Å². The molecule has 1 aromatic carbocycles. The van der Waals surface area contributed by atoms with E-state index >= 15 is 0 Å². The van der Waals surface area contributed by atoms with E-state index in [-0.39, 0.29) is 5.75 Å². The molecule has 0 saturated carbocycles. The lowest BCUT2D eigenvalue weighted by Gasteiger charge is -2.21. The molecule has 0 saturated heterocycles. The summed E-state index contributed by atoms with van der Waals surface area (Å²) >= 11 is 0. The quantitative estimate of drug-likeness (QED) is 0.688. The number of hydrogen-bond acceptors (Lipinski definition) is 3. The highest BCUT2D eigenvalue weighted by molar-refractivity contribution is 5.92. The zero-order chi connectivity index (χ0) is 19.3. The minimum absolute atomic E-state index is 0.0791. The molecular formula is C22H31NO3. The first kappa shape index (κ1) is 20.2. The minimum atomic E-state index is -0.697. The van der Waals surface area contributed by atoms with Crippen LogP contribution in [0.3, 0.4) is 0 Å². The lowest BCUT2D eigenvalue weighted by atomic mass is 9.84. The standard InChI is InChI=1S/C22H31NO3/c1-5-9-14-15(10-6-2)17(12-8-4)21-20(16(14)11-7-3)18(24)13-19(25)22(26)23-21/h13,24H,5-12H2,1-4H3,(H,23,25,26). The Balaban J connectivity index is 3.15. The summed E-state index contributed by atoms with van der Waals surface area (Å²) in [5, 5.41) is 11.4. The predicted molar refractivity (Wildman–Crippen MR) is 108 cm³/mol. The second-order valence-electron chi connectivity index (χ2n) is 7.01. The number of fused-ring (bicyclic) bond motifs is 1. The molecule has 2 N–H and O–H groups in total. The molecule has 4 heteroatoms. The second-order valence-corrected chi connectivity index (χ2v) is 7.01. The molecule has 0 amide bonds. The van der Waals surface area contributed by atoms with Gasteiger partial charge in [-0.1, -0.05) is 53.4 Å². The molecule has 0 fully saturated rings. The van der Waals surface area contributed by atoms with Crippen molar-refractivity contribution in [3.05, 3.63) is 48.9 Å². The van der Waals surface area contributed by atoms with E-state index in [0.717, 1.165) is 68.6 Å². The summed E-state index contributed by atoms with van der Waals surface area (Å²) in [5.41, 5.74) is 4.09. The summed E-state index contributed by atoms with van der Waals surface area (Å²) in [6.45, 7) is 8.55. The van der Waals surface area contributed by atoms with E-state index in [9.17, 15) is 14.7 Å². The van der Waals surface area contributed by atoms with Gasteiger partial charge in [0.05, 0.1) is 5.52 Å². The van der Waals surface area contributed by atoms with Gasteiger partial charge in [-0.3, -0.25) is 9.59 Å². The van der Waals surface area contributed by atoms with E-state index in [2.05, 4.69) is 32.7 Å². The van der Waals surface area contributed by atoms with Crippen LogP contribution in [0.15, 0.2) is 15.7 Å². The van der Waals surface area contributed by atoms with E-state index in [0.29, 0.717) is 10.9 Å². The van der Waals surface area contributed by atoms with Gasteiger partial charge in [-0.15, -0.1) is 0 Å². The lowest BCUT2D eigenvalue weighted by molar-refractivity contribution is 0.481. The van der Waals surface area contributed by atoms with Crippen molar-refractivity contribution >= 4 is 10.9 Å². The maximum absolute atomic E-state index is 12.2. The third kappa shape index (κ3) is 3.84. The van der Waals surface area contributed by atoms with Crippen LogP contribution < -0.4 is 11.0 Å². The van der Waals surface area contributed by atoms with E-state index in [4.69, 9.17) is 0 Å². The molecule has 142 valence electrons. The van der Waals surface area contributed by atoms with Crippen LogP contribution in [0.4, 0.5) is 0 Å². The summed E-state index contributed by atoms with van der Waals surface area (Å²) in [6.07, 6.45) is 7.46. The molecule has 0 radical (unpaired) electrons. The van der Waals surface area contributed by atoms with Crippen LogP contribution in [0.5, 0.6) is 5.75 Å². The molecule has 0 spiro atoms. The van der Waals surface area contributed by atoms with Crippen molar-refractivity contribution in [2.24, 2.45) is 0 Å². The van der Waals surface area contributed by atoms with E-state index in [1.54, 1.807) is 0 Å². The molecule has 26 heavy (non-hydrogen) atoms. The first-order valence-corrected chi connectivity index (χ1v) is 9.95. The predicted octanol–water partition coefficient (Wildman–Crippen LogP) is 4.40. The van der Waals surface area contributed by atoms with Gasteiger partial charge in [0.1, 0.15) is 5.75 Å². The molecule has 2 aromatic rings. The van der Waals surface area contributed by atoms with Gasteiger partial charge in [0.25, 0.3) is 5.56 Å². The Morgan fingerprint density at radius 1 is 0.769 bits per heavy atom. The average molecular weight is 357 g/mol. The van der Waals surface area contributed by atoms with Crippen molar-refractivity contribution in [1.29, 1.82) is 0 Å². The fourth-order valence-electron chi connectivity index (χ4n) is 3.98. The number of H-pyrrole nitrogens is 1. The van der Waals surface area contributed by atoms with Crippen LogP contribution in [0.2, 0.25) is 0 Å². The Hall–Kier alpha value is -2.10. The molecule has 0 atom stereocenters. The Morgan fingerprint density at radius 3 is 1.77 bits per heavy atom. The van der Waals surface area contributed by atoms with Crippen molar-refractivity contribution in [3.63, 3.8) is 0 Å². The molecule has 0 bridgehead atoms. The molecule has 0 unspecified atom stereocenters. The highest BCUT2D eigenvalue weighted by Gasteiger charge is 2.20. The Morgan fingerprint density at radius 2 is 1.23 bits per heavy atom. The third-order valence-electron chi connectivity index (χ3n) is 4.93. The van der Waals surface area contributed by atoms with Gasteiger partial charge >= 0.3 is 0 Å². The number of hydrogen-bond donors (Lipinski definition) is 2. The zero-order valence-corrected chi connectivity index (χ0v) is 16.5. The summed E-state index contributed by atoms with van der Waals surface area (Å²) in [7, 11) is 0. The smallest absolute Gasteiger partial charge is 0.296 e. The Bertz CT molecular complexity index is 897. The zero-order valence-electron chi connectivity index (χ0n) is 16.5. The van der Waals surface area contributed by atoms with Gasteiger partial charge in [-0.25, -0.2) is 0 Å². The first-order valence-electron chi connectivity index (χ1n) is 9.95. The van der Waals surface area contributed by atoms with Gasteiger partial charge in [-0.05, 0) is 47.9 Å². The fraction of sp³-hybridized carbons (Fsp3) is 0.545. The summed E-state index contributed by atoms with van der Waals surface area (Å²) in [5.74, 6) is -0.0791. The van der Waals surface area contributed by atoms with E-state index in [1.807, 2.05) is 0 Å². The number of aromatic amines is 1. The molecule has 1 aromatic heterocycles. The molecular weight excluding hydrogens is 326 g/mol. The largest absolute Gasteiger partial charge is 0.507 e. The van der Waals surface area contributed by atoms with Gasteiger partial charge < -0.3 is 10.1 Å². The average Bonchev–Trinajstić information content (AvgIpc) is 2.71. The van der Waals surface area contributed by atoms with Crippen molar-refractivity contribution in [2.45, 2.75) is 79.1 Å². The number of nitrogens with one attached hydrogen (secondary N) is 1. The van der Waals surface area contributed by atoms with Crippen LogP contribution in [0.25, 0.3) is 10.9 Å². The molecule has 0 aliphatic carbocycles. The molecule has 4 nitrogen and oxygen atoms in total. The van der Waals surface area contributed by atoms with E-state index < -0.39 is 11.0 Å². The lowest BCUT2D eigenvalue weighted by Crippen LogP contribution is -2.22. The fourth-order valence-corrected chi connectivity index (χ4v) is 3.98. The van der Waals surface area contributed by atoms with Crippen LogP contribution in [0, 0.1) is 0 Å². The van der Waals surface area contributed by atoms with Crippen molar-refractivity contribution in [2.75, 3.05) is 0 Å². The number of aryl methyl sites for hydroxylation is 2. The monoisotopic (exact) mass is 357 g/mol. The molecule has 1 heterocycles. The van der Waals surface area contributed by atoms with Gasteiger partial charge in [0.2, 0.25) is 5.43 Å². The maximum Gasteiger partial charge on any atom is 0.296 e. The van der Waals surface area contributed by atoms with Crippen molar-refractivity contribution in [1.82, 2.24) is 4.98 Å². The van der Waals surface area contributed by atoms with E-state index in [1.165, 1.54) is 11.1 Å². The summed E-state index contributed by atoms with van der Waals surface area (Å²) < 4.78 is 0. The Kier molecular flexibility index (Phi) is 7.01. The number of rotatable bonds is 8. The van der Waals surface area contributed by atoms with Gasteiger partial charge in [0, 0.05) is 11.5 Å². The van der Waals surface area contributed by atoms with Crippen LogP contribution in [-0.4, -0.2) is 10.1 Å². The first-order chi connectivity index (χ1) is 12.5. The van der Waals surface area contributed by atoms with Crippen LogP contribution in [-0.2, 0) is 25.7 Å². The van der Waals surface area contributed by atoms with Gasteiger partial charge in [0.15, 0.2) is 0 Å². The highest BCUT2D eigenvalue weighted by atomic mass is 16.3. The summed E-state index contributed by atoms with van der Waals surface area (Å²) in [6, 6.07) is 1.07. The molecule has 0 aliphatic rings. The number of aromatic hydroxyl groups is 1. The summed E-state index contributed by atoms with van der Waals surface area (Å²) in [4.78, 5) is 27.0. The van der Waals surface area contributed by atoms with Crippen LogP contribution >= 0.6 is 0 Å². The third-order valence-corrected chi connectivity index (χ3v) is 4.93.